The van der Waals surface area contributed by atoms with Crippen LogP contribution in [0.5, 0.6) is 5.75 Å². The van der Waals surface area contributed by atoms with Crippen LogP contribution in [0, 0.1) is 12.8 Å². The average molecular weight is 418 g/mol. The van der Waals surface area contributed by atoms with E-state index in [1.54, 1.807) is 18.2 Å². The number of aromatic nitrogens is 2. The van der Waals surface area contributed by atoms with Crippen LogP contribution < -0.4 is 10.1 Å². The minimum absolute atomic E-state index is 0.0153. The molecule has 2 amide bonds. The summed E-state index contributed by atoms with van der Waals surface area (Å²) in [6, 6.07) is 16.1. The van der Waals surface area contributed by atoms with Crippen LogP contribution >= 0.6 is 0 Å². The van der Waals surface area contributed by atoms with Crippen molar-refractivity contribution in [3.8, 4) is 16.9 Å². The molecule has 1 saturated heterocycles. The van der Waals surface area contributed by atoms with E-state index < -0.39 is 0 Å². The number of rotatable bonds is 5. The topological polar surface area (TPSA) is 87.3 Å². The lowest BCUT2D eigenvalue weighted by Crippen LogP contribution is -2.37. The largest absolute Gasteiger partial charge is 0.497 e. The molecule has 1 fully saturated rings. The molecule has 4 rings (SSSR count). The highest BCUT2D eigenvalue weighted by Gasteiger charge is 2.29. The molecule has 2 N–H and O–H groups in total. The summed E-state index contributed by atoms with van der Waals surface area (Å²) < 4.78 is 5.21. The SMILES string of the molecule is COc1ccc(-c2ccc(CC3CN(C(=O)c4cn[nH]c4C)CCNC3=O)cc2)cc1. The number of benzene rings is 2. The third-order valence-electron chi connectivity index (χ3n) is 5.70. The van der Waals surface area contributed by atoms with Crippen LogP contribution in [0.2, 0.25) is 0 Å². The van der Waals surface area contributed by atoms with Gasteiger partial charge in [0.2, 0.25) is 5.91 Å². The van der Waals surface area contributed by atoms with E-state index in [1.165, 1.54) is 0 Å². The highest BCUT2D eigenvalue weighted by atomic mass is 16.5. The Hall–Kier alpha value is -3.61. The van der Waals surface area contributed by atoms with E-state index in [4.69, 9.17) is 4.74 Å². The van der Waals surface area contributed by atoms with Crippen molar-refractivity contribution in [1.82, 2.24) is 20.4 Å². The van der Waals surface area contributed by atoms with Crippen LogP contribution in [0.3, 0.4) is 0 Å². The Kier molecular flexibility index (Phi) is 6.02. The molecule has 0 saturated carbocycles. The van der Waals surface area contributed by atoms with Gasteiger partial charge < -0.3 is 15.0 Å². The zero-order valence-electron chi connectivity index (χ0n) is 17.7. The van der Waals surface area contributed by atoms with Gasteiger partial charge in [0, 0.05) is 25.3 Å². The molecular weight excluding hydrogens is 392 g/mol. The minimum Gasteiger partial charge on any atom is -0.497 e. The van der Waals surface area contributed by atoms with Crippen molar-refractivity contribution in [3.63, 3.8) is 0 Å². The Morgan fingerprint density at radius 2 is 1.81 bits per heavy atom. The predicted molar refractivity (Wildman–Crippen MR) is 118 cm³/mol. The van der Waals surface area contributed by atoms with Crippen LogP contribution in [0.1, 0.15) is 21.6 Å². The summed E-state index contributed by atoms with van der Waals surface area (Å²) >= 11 is 0. The first-order chi connectivity index (χ1) is 15.0. The van der Waals surface area contributed by atoms with Crippen molar-refractivity contribution in [2.45, 2.75) is 13.3 Å². The predicted octanol–water partition coefficient (Wildman–Crippen LogP) is 2.82. The van der Waals surface area contributed by atoms with Crippen LogP contribution in [0.4, 0.5) is 0 Å². The van der Waals surface area contributed by atoms with Crippen molar-refractivity contribution in [1.29, 1.82) is 0 Å². The number of aryl methyl sites for hydroxylation is 1. The number of hydrogen-bond donors (Lipinski definition) is 2. The average Bonchev–Trinajstić information content (AvgIpc) is 3.14. The summed E-state index contributed by atoms with van der Waals surface area (Å²) in [6.45, 7) is 3.15. The van der Waals surface area contributed by atoms with Crippen molar-refractivity contribution < 1.29 is 14.3 Å². The van der Waals surface area contributed by atoms with Crippen LogP contribution in [-0.2, 0) is 11.2 Å². The smallest absolute Gasteiger partial charge is 0.257 e. The molecule has 0 bridgehead atoms. The van der Waals surface area contributed by atoms with Gasteiger partial charge >= 0.3 is 0 Å². The fraction of sp³-hybridized carbons (Fsp3) is 0.292. The zero-order valence-corrected chi connectivity index (χ0v) is 17.7. The molecule has 7 nitrogen and oxygen atoms in total. The molecule has 0 aliphatic carbocycles. The number of aromatic amines is 1. The van der Waals surface area contributed by atoms with Crippen molar-refractivity contribution in [2.24, 2.45) is 5.92 Å². The maximum absolute atomic E-state index is 12.9. The van der Waals surface area contributed by atoms with Gasteiger partial charge in [-0.05, 0) is 42.2 Å². The fourth-order valence-corrected chi connectivity index (χ4v) is 3.88. The molecule has 1 atom stereocenters. The van der Waals surface area contributed by atoms with Gasteiger partial charge in [-0.3, -0.25) is 14.7 Å². The van der Waals surface area contributed by atoms with E-state index >= 15 is 0 Å². The highest BCUT2D eigenvalue weighted by molar-refractivity contribution is 5.95. The molecule has 1 unspecified atom stereocenters. The van der Waals surface area contributed by atoms with Gasteiger partial charge in [-0.2, -0.15) is 5.10 Å². The van der Waals surface area contributed by atoms with Gasteiger partial charge in [0.15, 0.2) is 0 Å². The number of hydrogen-bond acceptors (Lipinski definition) is 4. The summed E-state index contributed by atoms with van der Waals surface area (Å²) in [6.07, 6.45) is 2.12. The molecule has 1 aliphatic rings. The number of nitrogens with one attached hydrogen (secondary N) is 2. The summed E-state index contributed by atoms with van der Waals surface area (Å²) in [4.78, 5) is 27.3. The highest BCUT2D eigenvalue weighted by Crippen LogP contribution is 2.24. The second-order valence-corrected chi connectivity index (χ2v) is 7.78. The number of H-pyrrole nitrogens is 1. The zero-order chi connectivity index (χ0) is 21.8. The lowest BCUT2D eigenvalue weighted by atomic mass is 9.96. The Bertz CT molecular complexity index is 1060. The van der Waals surface area contributed by atoms with Gasteiger partial charge in [0.05, 0.1) is 24.8 Å². The van der Waals surface area contributed by atoms with Crippen molar-refractivity contribution in [2.75, 3.05) is 26.7 Å². The number of carbonyl (C=O) groups is 2. The Morgan fingerprint density at radius 1 is 1.13 bits per heavy atom. The van der Waals surface area contributed by atoms with E-state index in [9.17, 15) is 9.59 Å². The summed E-state index contributed by atoms with van der Waals surface area (Å²) in [5, 5.41) is 9.69. The van der Waals surface area contributed by atoms with Gasteiger partial charge in [0.25, 0.3) is 5.91 Å². The first-order valence-electron chi connectivity index (χ1n) is 10.4. The summed E-state index contributed by atoms with van der Waals surface area (Å²) in [5.41, 5.74) is 4.55. The molecular formula is C24H26N4O3. The third kappa shape index (κ3) is 4.60. The first kappa shape index (κ1) is 20.7. The Labute approximate surface area is 181 Å². The maximum atomic E-state index is 12.9. The Balaban J connectivity index is 1.47. The number of amides is 2. The molecule has 2 aromatic carbocycles. The molecule has 0 radical (unpaired) electrons. The monoisotopic (exact) mass is 418 g/mol. The van der Waals surface area contributed by atoms with E-state index in [0.717, 1.165) is 28.1 Å². The van der Waals surface area contributed by atoms with E-state index in [2.05, 4.69) is 27.6 Å². The van der Waals surface area contributed by atoms with Gasteiger partial charge in [-0.1, -0.05) is 36.4 Å². The molecule has 2 heterocycles. The first-order valence-corrected chi connectivity index (χ1v) is 10.4. The lowest BCUT2D eigenvalue weighted by molar-refractivity contribution is -0.124. The number of ether oxygens (including phenoxy) is 1. The van der Waals surface area contributed by atoms with Crippen molar-refractivity contribution in [3.05, 3.63) is 71.5 Å². The maximum Gasteiger partial charge on any atom is 0.257 e. The van der Waals surface area contributed by atoms with Crippen LogP contribution in [-0.4, -0.2) is 53.7 Å². The molecule has 7 heteroatoms. The number of methoxy groups -OCH3 is 1. The van der Waals surface area contributed by atoms with Crippen LogP contribution in [0.25, 0.3) is 11.1 Å². The fourth-order valence-electron chi connectivity index (χ4n) is 3.88. The second-order valence-electron chi connectivity index (χ2n) is 7.78. The molecule has 1 aromatic heterocycles. The van der Waals surface area contributed by atoms with E-state index in [0.29, 0.717) is 31.6 Å². The number of carbonyl (C=O) groups excluding carboxylic acids is 2. The lowest BCUT2D eigenvalue weighted by Gasteiger charge is -2.23. The van der Waals surface area contributed by atoms with Gasteiger partial charge in [-0.15, -0.1) is 0 Å². The molecule has 160 valence electrons. The quantitative estimate of drug-likeness (QED) is 0.667. The molecule has 1 aliphatic heterocycles. The summed E-state index contributed by atoms with van der Waals surface area (Å²) in [5.74, 6) is 0.413. The van der Waals surface area contributed by atoms with E-state index in [1.807, 2.05) is 43.3 Å². The number of nitrogens with zero attached hydrogens (tertiary/aromatic N) is 2. The standard InChI is InChI=1S/C24H26N4O3/c1-16-22(14-26-27-16)24(30)28-12-11-25-23(29)20(15-28)13-17-3-5-18(6-4-17)19-7-9-21(31-2)10-8-19/h3-10,14,20H,11-13,15H2,1-2H3,(H,25,29)(H,26,27). The third-order valence-corrected chi connectivity index (χ3v) is 5.70. The minimum atomic E-state index is -0.300. The second kappa shape index (κ2) is 9.04. The normalized spacial score (nSPS) is 16.5. The van der Waals surface area contributed by atoms with Gasteiger partial charge in [-0.25, -0.2) is 0 Å². The van der Waals surface area contributed by atoms with Crippen molar-refractivity contribution >= 4 is 11.8 Å². The van der Waals surface area contributed by atoms with Crippen LogP contribution in [0.15, 0.2) is 54.7 Å². The van der Waals surface area contributed by atoms with E-state index in [-0.39, 0.29) is 17.7 Å². The summed E-state index contributed by atoms with van der Waals surface area (Å²) in [7, 11) is 1.65. The molecule has 0 spiro atoms. The Morgan fingerprint density at radius 3 is 2.42 bits per heavy atom. The molecule has 31 heavy (non-hydrogen) atoms. The molecule has 3 aromatic rings. The van der Waals surface area contributed by atoms with Gasteiger partial charge in [0.1, 0.15) is 5.75 Å².